The predicted octanol–water partition coefficient (Wildman–Crippen LogP) is 5.33. The third kappa shape index (κ3) is 4.20. The molecule has 0 atom stereocenters. The number of hydrogen-bond donors (Lipinski definition) is 1. The molecule has 0 bridgehead atoms. The van der Waals surface area contributed by atoms with Crippen LogP contribution in [0.15, 0.2) is 72.8 Å². The monoisotopic (exact) mass is 351 g/mol. The minimum absolute atomic E-state index is 0.0736. The van der Waals surface area contributed by atoms with Gasteiger partial charge in [0.1, 0.15) is 5.75 Å². The van der Waals surface area contributed by atoms with E-state index in [1.165, 1.54) is 0 Å². The van der Waals surface area contributed by atoms with Gasteiger partial charge in [-0.3, -0.25) is 4.79 Å². The van der Waals surface area contributed by atoms with Crippen molar-refractivity contribution in [2.24, 2.45) is 0 Å². The summed E-state index contributed by atoms with van der Waals surface area (Å²) in [7, 11) is 0. The van der Waals surface area contributed by atoms with Gasteiger partial charge in [-0.2, -0.15) is 0 Å². The Bertz CT molecular complexity index is 878. The van der Waals surface area contributed by atoms with Crippen molar-refractivity contribution in [1.82, 2.24) is 0 Å². The van der Waals surface area contributed by atoms with Gasteiger partial charge < -0.3 is 10.1 Å². The maximum atomic E-state index is 12.2. The van der Waals surface area contributed by atoms with Crippen molar-refractivity contribution >= 4 is 23.2 Å². The highest BCUT2D eigenvalue weighted by atomic mass is 35.5. The molecule has 0 heterocycles. The molecule has 3 nitrogen and oxygen atoms in total. The fourth-order valence-corrected chi connectivity index (χ4v) is 2.70. The zero-order chi connectivity index (χ0) is 17.6. The molecule has 25 heavy (non-hydrogen) atoms. The summed E-state index contributed by atoms with van der Waals surface area (Å²) in [4.78, 5) is 12.2. The number of anilines is 1. The summed E-state index contributed by atoms with van der Waals surface area (Å²) in [6.07, 6.45) is 0. The summed E-state index contributed by atoms with van der Waals surface area (Å²) < 4.78 is 5.75. The Balaban J connectivity index is 1.70. The number of halogens is 1. The van der Waals surface area contributed by atoms with Crippen molar-refractivity contribution in [1.29, 1.82) is 0 Å². The molecule has 4 heteroatoms. The lowest BCUT2D eigenvalue weighted by Gasteiger charge is -2.13. The van der Waals surface area contributed by atoms with Crippen LogP contribution in [0.25, 0.3) is 11.1 Å². The van der Waals surface area contributed by atoms with Crippen LogP contribution < -0.4 is 10.1 Å². The maximum absolute atomic E-state index is 12.2. The molecule has 0 radical (unpaired) electrons. The Labute approximate surface area is 152 Å². The normalized spacial score (nSPS) is 10.3. The fourth-order valence-electron chi connectivity index (χ4n) is 2.52. The number of benzene rings is 3. The average Bonchev–Trinajstić information content (AvgIpc) is 2.65. The van der Waals surface area contributed by atoms with Crippen molar-refractivity contribution in [3.63, 3.8) is 0 Å². The van der Waals surface area contributed by atoms with Crippen LogP contribution in [0.1, 0.15) is 5.56 Å². The van der Waals surface area contributed by atoms with Gasteiger partial charge in [-0.1, -0.05) is 66.2 Å². The second kappa shape index (κ2) is 7.86. The summed E-state index contributed by atoms with van der Waals surface area (Å²) >= 11 is 6.08. The van der Waals surface area contributed by atoms with E-state index in [0.717, 1.165) is 16.7 Å². The third-order valence-electron chi connectivity index (χ3n) is 3.87. The van der Waals surface area contributed by atoms with E-state index in [1.54, 1.807) is 12.1 Å². The molecule has 126 valence electrons. The number of rotatable bonds is 5. The molecule has 3 aromatic rings. The molecule has 3 rings (SSSR count). The zero-order valence-electron chi connectivity index (χ0n) is 13.8. The zero-order valence-corrected chi connectivity index (χ0v) is 14.6. The summed E-state index contributed by atoms with van der Waals surface area (Å²) in [6.45, 7) is 1.79. The van der Waals surface area contributed by atoms with Crippen LogP contribution in [0, 0.1) is 6.92 Å². The van der Waals surface area contributed by atoms with Crippen LogP contribution in [-0.2, 0) is 4.79 Å². The Morgan fingerprint density at radius 2 is 1.68 bits per heavy atom. The summed E-state index contributed by atoms with van der Waals surface area (Å²) in [5.41, 5.74) is 3.53. The van der Waals surface area contributed by atoms with Crippen LogP contribution in [0.5, 0.6) is 5.75 Å². The van der Waals surface area contributed by atoms with Crippen LogP contribution in [0.3, 0.4) is 0 Å². The minimum atomic E-state index is -0.228. The molecule has 0 aliphatic heterocycles. The lowest BCUT2D eigenvalue weighted by Crippen LogP contribution is -2.20. The first-order valence-electron chi connectivity index (χ1n) is 7.97. The van der Waals surface area contributed by atoms with E-state index in [0.29, 0.717) is 16.5 Å². The molecule has 0 spiro atoms. The van der Waals surface area contributed by atoms with E-state index in [9.17, 15) is 4.79 Å². The molecule has 0 fully saturated rings. The first-order valence-corrected chi connectivity index (χ1v) is 8.35. The van der Waals surface area contributed by atoms with E-state index < -0.39 is 0 Å². The first kappa shape index (κ1) is 17.1. The van der Waals surface area contributed by atoms with E-state index in [-0.39, 0.29) is 12.5 Å². The largest absolute Gasteiger partial charge is 0.483 e. The second-order valence-electron chi connectivity index (χ2n) is 5.61. The van der Waals surface area contributed by atoms with Crippen molar-refractivity contribution in [3.8, 4) is 16.9 Å². The lowest BCUT2D eigenvalue weighted by atomic mass is 10.1. The van der Waals surface area contributed by atoms with Gasteiger partial charge in [0, 0.05) is 16.3 Å². The number of hydrogen-bond acceptors (Lipinski definition) is 2. The Morgan fingerprint density at radius 1 is 0.960 bits per heavy atom. The van der Waals surface area contributed by atoms with Crippen molar-refractivity contribution < 1.29 is 9.53 Å². The molecule has 0 saturated carbocycles. The van der Waals surface area contributed by atoms with Gasteiger partial charge in [0.15, 0.2) is 6.61 Å². The molecule has 1 N–H and O–H groups in total. The highest BCUT2D eigenvalue weighted by molar-refractivity contribution is 6.31. The predicted molar refractivity (Wildman–Crippen MR) is 102 cm³/mol. The van der Waals surface area contributed by atoms with Crippen LogP contribution in [-0.4, -0.2) is 12.5 Å². The first-order chi connectivity index (χ1) is 12.1. The Hall–Kier alpha value is -2.78. The fraction of sp³-hybridized carbons (Fsp3) is 0.0952. The SMILES string of the molecule is Cc1c(Cl)cccc1NC(=O)COc1ccccc1-c1ccccc1. The van der Waals surface area contributed by atoms with Crippen molar-refractivity contribution in [3.05, 3.63) is 83.4 Å². The molecular weight excluding hydrogens is 334 g/mol. The van der Waals surface area contributed by atoms with Gasteiger partial charge in [0.2, 0.25) is 0 Å². The molecule has 0 aliphatic rings. The van der Waals surface area contributed by atoms with Crippen LogP contribution in [0.2, 0.25) is 5.02 Å². The van der Waals surface area contributed by atoms with Crippen LogP contribution in [0.4, 0.5) is 5.69 Å². The number of carbonyl (C=O) groups excluding carboxylic acids is 1. The molecule has 3 aromatic carbocycles. The van der Waals surface area contributed by atoms with Crippen molar-refractivity contribution in [2.45, 2.75) is 6.92 Å². The van der Waals surface area contributed by atoms with Gasteiger partial charge in [0.05, 0.1) is 0 Å². The van der Waals surface area contributed by atoms with Gasteiger partial charge >= 0.3 is 0 Å². The molecule has 0 unspecified atom stereocenters. The lowest BCUT2D eigenvalue weighted by molar-refractivity contribution is -0.118. The summed E-state index contributed by atoms with van der Waals surface area (Å²) in [5.74, 6) is 0.444. The minimum Gasteiger partial charge on any atom is -0.483 e. The van der Waals surface area contributed by atoms with Gasteiger partial charge in [-0.05, 0) is 36.2 Å². The topological polar surface area (TPSA) is 38.3 Å². The number of carbonyl (C=O) groups is 1. The van der Waals surface area contributed by atoms with Crippen LogP contribution >= 0.6 is 11.6 Å². The van der Waals surface area contributed by atoms with E-state index in [1.807, 2.05) is 67.6 Å². The van der Waals surface area contributed by atoms with E-state index >= 15 is 0 Å². The Morgan fingerprint density at radius 3 is 2.48 bits per heavy atom. The van der Waals surface area contributed by atoms with Gasteiger partial charge in [-0.15, -0.1) is 0 Å². The Kier molecular flexibility index (Phi) is 5.36. The number of para-hydroxylation sites is 1. The standard InChI is InChI=1S/C21H18ClNO2/c1-15-18(22)11-7-12-19(15)23-21(24)14-25-20-13-6-5-10-17(20)16-8-3-2-4-9-16/h2-13H,14H2,1H3,(H,23,24). The van der Waals surface area contributed by atoms with Gasteiger partial charge in [-0.25, -0.2) is 0 Å². The molecule has 0 aromatic heterocycles. The maximum Gasteiger partial charge on any atom is 0.262 e. The quantitative estimate of drug-likeness (QED) is 0.674. The van der Waals surface area contributed by atoms with Gasteiger partial charge in [0.25, 0.3) is 5.91 Å². The number of amides is 1. The highest BCUT2D eigenvalue weighted by Crippen LogP contribution is 2.29. The second-order valence-corrected chi connectivity index (χ2v) is 6.02. The third-order valence-corrected chi connectivity index (χ3v) is 4.28. The van der Waals surface area contributed by atoms with Crippen molar-refractivity contribution in [2.75, 3.05) is 11.9 Å². The van der Waals surface area contributed by atoms with E-state index in [2.05, 4.69) is 5.32 Å². The smallest absolute Gasteiger partial charge is 0.262 e. The molecular formula is C21H18ClNO2. The summed E-state index contributed by atoms with van der Waals surface area (Å²) in [5, 5.41) is 3.45. The number of ether oxygens (including phenoxy) is 1. The summed E-state index contributed by atoms with van der Waals surface area (Å²) in [6, 6.07) is 23.0. The average molecular weight is 352 g/mol. The molecule has 0 aliphatic carbocycles. The molecule has 0 saturated heterocycles. The number of nitrogens with one attached hydrogen (secondary N) is 1. The molecule has 1 amide bonds. The highest BCUT2D eigenvalue weighted by Gasteiger charge is 2.10. The van der Waals surface area contributed by atoms with E-state index in [4.69, 9.17) is 16.3 Å².